The van der Waals surface area contributed by atoms with Gasteiger partial charge in [0.05, 0.1) is 0 Å². The molecule has 0 aromatic heterocycles. The first-order valence-electron chi connectivity index (χ1n) is 9.26. The van der Waals surface area contributed by atoms with Crippen molar-refractivity contribution in [3.05, 3.63) is 0 Å². The normalized spacial score (nSPS) is 32.2. The summed E-state index contributed by atoms with van der Waals surface area (Å²) in [5.74, 6) is 0.679. The summed E-state index contributed by atoms with van der Waals surface area (Å²) in [7, 11) is 0. The van der Waals surface area contributed by atoms with Crippen LogP contribution in [0.25, 0.3) is 0 Å². The van der Waals surface area contributed by atoms with Crippen molar-refractivity contribution < 1.29 is 9.53 Å². The number of hydrogen-bond donors (Lipinski definition) is 0. The van der Waals surface area contributed by atoms with Gasteiger partial charge in [-0.15, -0.1) is 0 Å². The Hall–Kier alpha value is -0.570. The molecule has 3 rings (SSSR count). The van der Waals surface area contributed by atoms with Crippen molar-refractivity contribution in [2.24, 2.45) is 5.92 Å². The van der Waals surface area contributed by atoms with Gasteiger partial charge in [-0.3, -0.25) is 9.69 Å². The second-order valence-electron chi connectivity index (χ2n) is 7.33. The third-order valence-corrected chi connectivity index (χ3v) is 5.74. The fourth-order valence-corrected chi connectivity index (χ4v) is 4.55. The van der Waals surface area contributed by atoms with Crippen LogP contribution in [0.2, 0.25) is 0 Å². The summed E-state index contributed by atoms with van der Waals surface area (Å²) in [6.07, 6.45) is 14.7. The quantitative estimate of drug-likeness (QED) is 0.736. The lowest BCUT2D eigenvalue weighted by atomic mass is 9.87. The molecule has 2 unspecified atom stereocenters. The molecule has 1 heterocycles. The predicted octanol–water partition coefficient (Wildman–Crippen LogP) is 3.91. The molecule has 120 valence electrons. The summed E-state index contributed by atoms with van der Waals surface area (Å²) in [4.78, 5) is 14.9. The van der Waals surface area contributed by atoms with Crippen LogP contribution in [-0.4, -0.2) is 36.1 Å². The largest absolute Gasteiger partial charge is 0.461 e. The van der Waals surface area contributed by atoms with Gasteiger partial charge in [0.15, 0.2) is 0 Å². The van der Waals surface area contributed by atoms with E-state index in [0.717, 1.165) is 6.42 Å². The highest BCUT2D eigenvalue weighted by atomic mass is 16.5. The minimum atomic E-state index is 0.0815. The highest BCUT2D eigenvalue weighted by Gasteiger charge is 2.34. The summed E-state index contributed by atoms with van der Waals surface area (Å²) < 4.78 is 5.94. The highest BCUT2D eigenvalue weighted by molar-refractivity contribution is 5.70. The molecule has 0 amide bonds. The van der Waals surface area contributed by atoms with Crippen molar-refractivity contribution in [1.29, 1.82) is 0 Å². The van der Waals surface area contributed by atoms with Gasteiger partial charge in [0, 0.05) is 12.5 Å². The maximum absolute atomic E-state index is 12.3. The minimum absolute atomic E-state index is 0.0815. The van der Waals surface area contributed by atoms with Gasteiger partial charge in [0.25, 0.3) is 0 Å². The lowest BCUT2D eigenvalue weighted by Crippen LogP contribution is -2.46. The van der Waals surface area contributed by atoms with E-state index in [0.29, 0.717) is 18.4 Å². The highest BCUT2D eigenvalue weighted by Crippen LogP contribution is 2.30. The molecule has 2 atom stereocenters. The van der Waals surface area contributed by atoms with E-state index in [4.69, 9.17) is 4.74 Å². The zero-order chi connectivity index (χ0) is 14.5. The molecule has 3 nitrogen and oxygen atoms in total. The molecule has 2 saturated carbocycles. The maximum atomic E-state index is 12.3. The van der Waals surface area contributed by atoms with Crippen LogP contribution in [0.15, 0.2) is 0 Å². The molecule has 21 heavy (non-hydrogen) atoms. The molecular formula is C18H31NO2. The number of hydrogen-bond acceptors (Lipinski definition) is 3. The number of carbonyl (C=O) groups is 1. The van der Waals surface area contributed by atoms with E-state index in [1.807, 2.05) is 0 Å². The lowest BCUT2D eigenvalue weighted by Gasteiger charge is -2.37. The number of nitrogens with zero attached hydrogens (tertiary/aromatic N) is 1. The first-order chi connectivity index (χ1) is 10.3. The van der Waals surface area contributed by atoms with Crippen molar-refractivity contribution in [1.82, 2.24) is 4.90 Å². The van der Waals surface area contributed by atoms with Crippen LogP contribution in [0.5, 0.6) is 0 Å². The Morgan fingerprint density at radius 1 is 0.857 bits per heavy atom. The zero-order valence-electron chi connectivity index (χ0n) is 13.4. The van der Waals surface area contributed by atoms with Crippen LogP contribution in [0.4, 0.5) is 0 Å². The summed E-state index contributed by atoms with van der Waals surface area (Å²) in [6.45, 7) is 2.42. The van der Waals surface area contributed by atoms with Gasteiger partial charge in [0.2, 0.25) is 0 Å². The van der Waals surface area contributed by atoms with Crippen molar-refractivity contribution in [3.63, 3.8) is 0 Å². The van der Waals surface area contributed by atoms with E-state index in [1.165, 1.54) is 77.3 Å². The Balaban J connectivity index is 1.50. The summed E-state index contributed by atoms with van der Waals surface area (Å²) in [6, 6.07) is 0.511. The first kappa shape index (κ1) is 15.3. The Bertz CT molecular complexity index is 332. The molecule has 1 aliphatic heterocycles. The Labute approximate surface area is 129 Å². The molecule has 0 N–H and O–H groups in total. The SMILES string of the molecule is O=C(CC1CCCCC1)OC1CCCCC1N1CCCC1. The Kier molecular flexibility index (Phi) is 5.56. The van der Waals surface area contributed by atoms with Gasteiger partial charge in [-0.25, -0.2) is 0 Å². The van der Waals surface area contributed by atoms with Crippen LogP contribution in [0.1, 0.15) is 77.0 Å². The molecule has 3 aliphatic rings. The predicted molar refractivity (Wildman–Crippen MR) is 84.1 cm³/mol. The molecule has 0 aromatic rings. The van der Waals surface area contributed by atoms with E-state index in [2.05, 4.69) is 4.90 Å². The molecular weight excluding hydrogens is 262 g/mol. The van der Waals surface area contributed by atoms with Gasteiger partial charge >= 0.3 is 5.97 Å². The lowest BCUT2D eigenvalue weighted by molar-refractivity contribution is -0.155. The number of likely N-dealkylation sites (tertiary alicyclic amines) is 1. The van der Waals surface area contributed by atoms with E-state index in [9.17, 15) is 4.79 Å². The van der Waals surface area contributed by atoms with Gasteiger partial charge in [-0.1, -0.05) is 25.7 Å². The fourth-order valence-electron chi connectivity index (χ4n) is 4.55. The number of carbonyl (C=O) groups excluding carboxylic acids is 1. The number of rotatable bonds is 4. The van der Waals surface area contributed by atoms with Crippen LogP contribution in [0.3, 0.4) is 0 Å². The summed E-state index contributed by atoms with van der Waals surface area (Å²) >= 11 is 0. The molecule has 1 saturated heterocycles. The monoisotopic (exact) mass is 293 g/mol. The molecule has 0 aromatic carbocycles. The fraction of sp³-hybridized carbons (Fsp3) is 0.944. The number of esters is 1. The second kappa shape index (κ2) is 7.62. The third kappa shape index (κ3) is 4.21. The summed E-state index contributed by atoms with van der Waals surface area (Å²) in [5, 5.41) is 0. The summed E-state index contributed by atoms with van der Waals surface area (Å²) in [5.41, 5.74) is 0. The van der Waals surface area contributed by atoms with Gasteiger partial charge in [-0.2, -0.15) is 0 Å². The Morgan fingerprint density at radius 3 is 2.29 bits per heavy atom. The van der Waals surface area contributed by atoms with Crippen molar-refractivity contribution >= 4 is 5.97 Å². The van der Waals surface area contributed by atoms with Crippen molar-refractivity contribution in [2.75, 3.05) is 13.1 Å². The topological polar surface area (TPSA) is 29.5 Å². The third-order valence-electron chi connectivity index (χ3n) is 5.74. The minimum Gasteiger partial charge on any atom is -0.461 e. The molecule has 3 fully saturated rings. The van der Waals surface area contributed by atoms with E-state index >= 15 is 0 Å². The van der Waals surface area contributed by atoms with Gasteiger partial charge in [-0.05, 0) is 64.0 Å². The molecule has 2 aliphatic carbocycles. The van der Waals surface area contributed by atoms with Crippen molar-refractivity contribution in [3.8, 4) is 0 Å². The van der Waals surface area contributed by atoms with E-state index in [1.54, 1.807) is 0 Å². The zero-order valence-corrected chi connectivity index (χ0v) is 13.4. The second-order valence-corrected chi connectivity index (χ2v) is 7.33. The molecule has 0 radical (unpaired) electrons. The average molecular weight is 293 g/mol. The first-order valence-corrected chi connectivity index (χ1v) is 9.26. The average Bonchev–Trinajstić information content (AvgIpc) is 3.03. The van der Waals surface area contributed by atoms with Crippen molar-refractivity contribution in [2.45, 2.75) is 89.2 Å². The standard InChI is InChI=1S/C18H31NO2/c20-18(14-15-8-2-1-3-9-15)21-17-11-5-4-10-16(17)19-12-6-7-13-19/h15-17H,1-14H2. The van der Waals surface area contributed by atoms with Crippen LogP contribution >= 0.6 is 0 Å². The van der Waals surface area contributed by atoms with Crippen LogP contribution < -0.4 is 0 Å². The molecule has 0 spiro atoms. The van der Waals surface area contributed by atoms with E-state index in [-0.39, 0.29) is 12.1 Å². The number of ether oxygens (including phenoxy) is 1. The molecule has 0 bridgehead atoms. The maximum Gasteiger partial charge on any atom is 0.306 e. The van der Waals surface area contributed by atoms with Crippen LogP contribution in [0, 0.1) is 5.92 Å². The van der Waals surface area contributed by atoms with Gasteiger partial charge < -0.3 is 4.74 Å². The van der Waals surface area contributed by atoms with E-state index < -0.39 is 0 Å². The van der Waals surface area contributed by atoms with Gasteiger partial charge in [0.1, 0.15) is 6.10 Å². The molecule has 3 heteroatoms. The smallest absolute Gasteiger partial charge is 0.306 e. The van der Waals surface area contributed by atoms with Crippen LogP contribution in [-0.2, 0) is 9.53 Å². The Morgan fingerprint density at radius 2 is 1.52 bits per heavy atom.